The maximum absolute atomic E-state index is 13.0. The number of nitro benzene ring substituents is 1. The lowest BCUT2D eigenvalue weighted by Gasteiger charge is -2.12. The van der Waals surface area contributed by atoms with Crippen molar-refractivity contribution in [3.63, 3.8) is 0 Å². The number of benzene rings is 2. The summed E-state index contributed by atoms with van der Waals surface area (Å²) in [6, 6.07) is 11.8. The number of nitro groups is 1. The molecule has 1 heterocycles. The number of rotatable bonds is 6. The van der Waals surface area contributed by atoms with Gasteiger partial charge in [-0.1, -0.05) is 12.1 Å². The Morgan fingerprint density at radius 3 is 2.48 bits per heavy atom. The first-order chi connectivity index (χ1) is 13.7. The third-order valence-electron chi connectivity index (χ3n) is 3.81. The van der Waals surface area contributed by atoms with Gasteiger partial charge in [0.15, 0.2) is 0 Å². The first-order valence-corrected chi connectivity index (χ1v) is 9.04. The highest BCUT2D eigenvalue weighted by atomic mass is 32.1. The van der Waals surface area contributed by atoms with Gasteiger partial charge in [0.25, 0.3) is 11.6 Å². The highest BCUT2D eigenvalue weighted by Crippen LogP contribution is 2.35. The quantitative estimate of drug-likeness (QED) is 0.420. The van der Waals surface area contributed by atoms with E-state index in [1.807, 2.05) is 0 Å². The Balaban J connectivity index is 1.64. The number of nitrogens with zero attached hydrogens (tertiary/aromatic N) is 1. The number of anilines is 1. The summed E-state index contributed by atoms with van der Waals surface area (Å²) in [6.45, 7) is 0.0979. The van der Waals surface area contributed by atoms with Crippen molar-refractivity contribution in [3.8, 4) is 5.75 Å². The molecule has 0 bridgehead atoms. The molecule has 0 fully saturated rings. The number of non-ortho nitro benzene ring substituents is 1. The van der Waals surface area contributed by atoms with Crippen LogP contribution in [0.15, 0.2) is 60.0 Å². The van der Waals surface area contributed by atoms with Crippen LogP contribution < -0.4 is 10.1 Å². The second-order valence-electron chi connectivity index (χ2n) is 5.86. The Hall–Kier alpha value is -3.40. The number of carbonyl (C=O) groups excluding carboxylic acids is 1. The molecule has 0 atom stereocenters. The van der Waals surface area contributed by atoms with Gasteiger partial charge >= 0.3 is 6.18 Å². The van der Waals surface area contributed by atoms with Gasteiger partial charge in [0.05, 0.1) is 21.1 Å². The monoisotopic (exact) mass is 422 g/mol. The lowest BCUT2D eigenvalue weighted by molar-refractivity contribution is -0.384. The molecule has 1 aromatic heterocycles. The minimum Gasteiger partial charge on any atom is -0.489 e. The van der Waals surface area contributed by atoms with Crippen LogP contribution in [0.25, 0.3) is 0 Å². The lowest BCUT2D eigenvalue weighted by atomic mass is 10.1. The molecule has 3 aromatic rings. The zero-order valence-electron chi connectivity index (χ0n) is 14.6. The number of para-hydroxylation sites is 1. The van der Waals surface area contributed by atoms with Crippen LogP contribution in [0.2, 0.25) is 0 Å². The van der Waals surface area contributed by atoms with Crippen molar-refractivity contribution in [1.29, 1.82) is 0 Å². The van der Waals surface area contributed by atoms with Crippen LogP contribution in [-0.4, -0.2) is 10.8 Å². The van der Waals surface area contributed by atoms with Crippen molar-refractivity contribution in [2.24, 2.45) is 0 Å². The molecule has 0 radical (unpaired) electrons. The molecule has 0 aliphatic rings. The van der Waals surface area contributed by atoms with E-state index in [9.17, 15) is 28.1 Å². The summed E-state index contributed by atoms with van der Waals surface area (Å²) in [6.07, 6.45) is -4.58. The summed E-state index contributed by atoms with van der Waals surface area (Å²) in [5.41, 5.74) is -0.665. The third-order valence-corrected chi connectivity index (χ3v) is 4.79. The predicted octanol–water partition coefficient (Wildman–Crippen LogP) is 5.51. The van der Waals surface area contributed by atoms with Gasteiger partial charge in [-0.3, -0.25) is 14.9 Å². The number of halogens is 3. The fourth-order valence-corrected chi connectivity index (χ4v) is 3.22. The molecule has 0 saturated carbocycles. The van der Waals surface area contributed by atoms with Gasteiger partial charge in [-0.15, -0.1) is 11.3 Å². The number of hydrogen-bond acceptors (Lipinski definition) is 5. The van der Waals surface area contributed by atoms with E-state index < -0.39 is 22.6 Å². The highest BCUT2D eigenvalue weighted by molar-refractivity contribution is 7.12. The first kappa shape index (κ1) is 20.3. The van der Waals surface area contributed by atoms with E-state index in [-0.39, 0.29) is 22.9 Å². The SMILES string of the molecule is O=C(Nc1ccccc1C(F)(F)F)c1cc(COc2ccc([N+](=O)[O-])cc2)cs1. The summed E-state index contributed by atoms with van der Waals surface area (Å²) in [4.78, 5) is 22.6. The number of nitrogens with one attached hydrogen (secondary N) is 1. The fraction of sp³-hybridized carbons (Fsp3) is 0.105. The Morgan fingerprint density at radius 2 is 1.83 bits per heavy atom. The Kier molecular flexibility index (Phi) is 5.83. The average molecular weight is 422 g/mol. The number of alkyl halides is 3. The molecule has 29 heavy (non-hydrogen) atoms. The number of hydrogen-bond donors (Lipinski definition) is 1. The minimum atomic E-state index is -4.58. The second kappa shape index (κ2) is 8.31. The fourth-order valence-electron chi connectivity index (χ4n) is 2.42. The maximum Gasteiger partial charge on any atom is 0.418 e. The summed E-state index contributed by atoms with van der Waals surface area (Å²) >= 11 is 1.07. The van der Waals surface area contributed by atoms with E-state index >= 15 is 0 Å². The van der Waals surface area contributed by atoms with E-state index in [1.54, 1.807) is 5.38 Å². The van der Waals surface area contributed by atoms with Gasteiger partial charge in [0.1, 0.15) is 12.4 Å². The molecule has 0 aliphatic heterocycles. The van der Waals surface area contributed by atoms with E-state index in [4.69, 9.17) is 4.74 Å². The predicted molar refractivity (Wildman–Crippen MR) is 101 cm³/mol. The standard InChI is InChI=1S/C19H13F3N2O4S/c20-19(21,22)15-3-1-2-4-16(15)23-18(25)17-9-12(11-29-17)10-28-14-7-5-13(6-8-14)24(26)27/h1-9,11H,10H2,(H,23,25). The topological polar surface area (TPSA) is 81.5 Å². The second-order valence-corrected chi connectivity index (χ2v) is 6.77. The van der Waals surface area contributed by atoms with Gasteiger partial charge in [-0.05, 0) is 35.7 Å². The normalized spacial score (nSPS) is 11.1. The van der Waals surface area contributed by atoms with Crippen molar-refractivity contribution in [2.75, 3.05) is 5.32 Å². The van der Waals surface area contributed by atoms with Crippen molar-refractivity contribution in [2.45, 2.75) is 12.8 Å². The highest BCUT2D eigenvalue weighted by Gasteiger charge is 2.33. The van der Waals surface area contributed by atoms with Crippen LogP contribution in [0.1, 0.15) is 20.8 Å². The van der Waals surface area contributed by atoms with Crippen LogP contribution in [0.3, 0.4) is 0 Å². The molecule has 1 amide bonds. The molecule has 150 valence electrons. The Morgan fingerprint density at radius 1 is 1.14 bits per heavy atom. The van der Waals surface area contributed by atoms with Crippen LogP contribution in [0, 0.1) is 10.1 Å². The summed E-state index contributed by atoms with van der Waals surface area (Å²) in [5.74, 6) is -0.250. The molecule has 0 aliphatic carbocycles. The third kappa shape index (κ3) is 5.11. The molecule has 10 heteroatoms. The number of ether oxygens (including phenoxy) is 1. The summed E-state index contributed by atoms with van der Waals surface area (Å²) in [5, 5.41) is 14.6. The molecule has 6 nitrogen and oxygen atoms in total. The van der Waals surface area contributed by atoms with Crippen LogP contribution in [0.5, 0.6) is 5.75 Å². The number of carbonyl (C=O) groups is 1. The van der Waals surface area contributed by atoms with Gasteiger partial charge in [0, 0.05) is 17.7 Å². The average Bonchev–Trinajstić information content (AvgIpc) is 3.15. The smallest absolute Gasteiger partial charge is 0.418 e. The number of amides is 1. The van der Waals surface area contributed by atoms with Crippen molar-refractivity contribution < 1.29 is 27.6 Å². The molecular weight excluding hydrogens is 409 g/mol. The first-order valence-electron chi connectivity index (χ1n) is 8.16. The van der Waals surface area contributed by atoms with Crippen LogP contribution >= 0.6 is 11.3 Å². The molecule has 3 rings (SSSR count). The largest absolute Gasteiger partial charge is 0.489 e. The van der Waals surface area contributed by atoms with Crippen molar-refractivity contribution in [3.05, 3.63) is 86.1 Å². The van der Waals surface area contributed by atoms with Crippen LogP contribution in [-0.2, 0) is 12.8 Å². The zero-order valence-corrected chi connectivity index (χ0v) is 15.4. The van der Waals surface area contributed by atoms with Gasteiger partial charge in [-0.2, -0.15) is 13.2 Å². The van der Waals surface area contributed by atoms with Gasteiger partial charge in [0.2, 0.25) is 0 Å². The van der Waals surface area contributed by atoms with E-state index in [1.165, 1.54) is 48.5 Å². The number of thiophene rings is 1. The molecule has 0 saturated heterocycles. The van der Waals surface area contributed by atoms with Crippen molar-refractivity contribution >= 4 is 28.6 Å². The minimum absolute atomic E-state index is 0.0639. The molecule has 1 N–H and O–H groups in total. The summed E-state index contributed by atoms with van der Waals surface area (Å²) in [7, 11) is 0. The Labute approximate surface area is 166 Å². The lowest BCUT2D eigenvalue weighted by Crippen LogP contribution is -2.15. The van der Waals surface area contributed by atoms with Crippen molar-refractivity contribution in [1.82, 2.24) is 0 Å². The zero-order chi connectivity index (χ0) is 21.0. The van der Waals surface area contributed by atoms with E-state index in [2.05, 4.69) is 5.32 Å². The molecule has 0 spiro atoms. The van der Waals surface area contributed by atoms with Crippen LogP contribution in [0.4, 0.5) is 24.5 Å². The molecule has 0 unspecified atom stereocenters. The molecular formula is C19H13F3N2O4S. The van der Waals surface area contributed by atoms with E-state index in [0.717, 1.165) is 17.4 Å². The Bertz CT molecular complexity index is 1030. The van der Waals surface area contributed by atoms with Gasteiger partial charge < -0.3 is 10.1 Å². The summed E-state index contributed by atoms with van der Waals surface area (Å²) < 4.78 is 44.6. The van der Waals surface area contributed by atoms with Gasteiger partial charge in [-0.25, -0.2) is 0 Å². The van der Waals surface area contributed by atoms with E-state index in [0.29, 0.717) is 11.3 Å². The molecule has 2 aromatic carbocycles. The maximum atomic E-state index is 13.0.